The van der Waals surface area contributed by atoms with Gasteiger partial charge in [0.2, 0.25) is 11.7 Å². The highest BCUT2D eigenvalue weighted by atomic mass is 16.5. The van der Waals surface area contributed by atoms with Gasteiger partial charge >= 0.3 is 0 Å². The van der Waals surface area contributed by atoms with E-state index in [1.807, 2.05) is 65.0 Å². The Hall–Kier alpha value is -4.07. The molecule has 0 spiro atoms. The fourth-order valence-corrected chi connectivity index (χ4v) is 3.20. The number of pyridine rings is 1. The Morgan fingerprint density at radius 3 is 2.66 bits per heavy atom. The summed E-state index contributed by atoms with van der Waals surface area (Å²) in [6.07, 6.45) is 10.8. The summed E-state index contributed by atoms with van der Waals surface area (Å²) in [5.41, 5.74) is 2.80. The average Bonchev–Trinajstić information content (AvgIpc) is 3.55. The predicted octanol–water partition coefficient (Wildman–Crippen LogP) is 3.79. The number of hydrogen-bond donors (Lipinski definition) is 0. The predicted molar refractivity (Wildman–Crippen MR) is 106 cm³/mol. The molecule has 5 rings (SSSR count). The highest BCUT2D eigenvalue weighted by Gasteiger charge is 2.20. The van der Waals surface area contributed by atoms with Crippen LogP contribution in [0, 0.1) is 0 Å². The molecule has 0 aliphatic carbocycles. The molecule has 0 bridgehead atoms. The van der Waals surface area contributed by atoms with E-state index in [4.69, 9.17) is 4.52 Å². The first-order valence-corrected chi connectivity index (χ1v) is 9.17. The Balaban J connectivity index is 1.48. The number of hydrogen-bond acceptors (Lipinski definition) is 6. The summed E-state index contributed by atoms with van der Waals surface area (Å²) in [7, 11) is 0. The average molecular weight is 383 g/mol. The summed E-state index contributed by atoms with van der Waals surface area (Å²) < 4.78 is 9.37. The third kappa shape index (κ3) is 3.20. The first kappa shape index (κ1) is 17.1. The Bertz CT molecular complexity index is 1220. The van der Waals surface area contributed by atoms with Gasteiger partial charge in [0.05, 0.1) is 5.69 Å². The molecule has 0 unspecified atom stereocenters. The summed E-state index contributed by atoms with van der Waals surface area (Å²) >= 11 is 0. The van der Waals surface area contributed by atoms with Crippen LogP contribution in [0.25, 0.3) is 28.5 Å². The monoisotopic (exact) mass is 383 g/mol. The van der Waals surface area contributed by atoms with E-state index >= 15 is 0 Å². The van der Waals surface area contributed by atoms with Gasteiger partial charge in [-0.25, -0.2) is 9.67 Å². The van der Waals surface area contributed by atoms with Crippen LogP contribution in [-0.2, 0) is 0 Å². The lowest BCUT2D eigenvalue weighted by atomic mass is 10.1. The third-order valence-corrected chi connectivity index (χ3v) is 4.70. The van der Waals surface area contributed by atoms with Gasteiger partial charge in [-0.15, -0.1) is 0 Å². The van der Waals surface area contributed by atoms with Crippen LogP contribution in [0.15, 0.2) is 84.2 Å². The number of benzene rings is 1. The Morgan fingerprint density at radius 2 is 1.83 bits per heavy atom. The summed E-state index contributed by atoms with van der Waals surface area (Å²) in [4.78, 5) is 13.1. The quantitative estimate of drug-likeness (QED) is 0.459. The van der Waals surface area contributed by atoms with Crippen molar-refractivity contribution in [1.82, 2.24) is 34.5 Å². The topological polar surface area (TPSA) is 87.5 Å². The Labute approximate surface area is 166 Å². The van der Waals surface area contributed by atoms with Crippen LogP contribution in [0.3, 0.4) is 0 Å². The molecule has 8 heteroatoms. The van der Waals surface area contributed by atoms with Crippen molar-refractivity contribution in [2.45, 2.75) is 13.0 Å². The maximum Gasteiger partial charge on any atom is 0.249 e. The maximum absolute atomic E-state index is 5.53. The van der Waals surface area contributed by atoms with Gasteiger partial charge in [-0.1, -0.05) is 17.3 Å². The molecule has 0 amide bonds. The second kappa shape index (κ2) is 7.16. The molecule has 0 aliphatic heterocycles. The van der Waals surface area contributed by atoms with E-state index in [0.717, 1.165) is 22.6 Å². The van der Waals surface area contributed by atoms with E-state index in [-0.39, 0.29) is 6.04 Å². The molecule has 0 radical (unpaired) electrons. The zero-order chi connectivity index (χ0) is 19.6. The standard InChI is InChI=1S/C21H17N7O/c1-15(21-25-19(26-29-21)16-6-9-22-10-7-16)27-13-11-23-20(27)17-4-2-5-18(14-17)28-12-3-8-24-28/h2-15H,1H3/t15-/m1/s1. The van der Waals surface area contributed by atoms with E-state index < -0.39 is 0 Å². The largest absolute Gasteiger partial charge is 0.337 e. The van der Waals surface area contributed by atoms with E-state index in [1.54, 1.807) is 24.8 Å². The van der Waals surface area contributed by atoms with Crippen LogP contribution in [0.5, 0.6) is 0 Å². The fourth-order valence-electron chi connectivity index (χ4n) is 3.20. The number of imidazole rings is 1. The number of nitrogens with zero attached hydrogens (tertiary/aromatic N) is 7. The molecule has 4 aromatic heterocycles. The second-order valence-corrected chi connectivity index (χ2v) is 6.53. The highest BCUT2D eigenvalue weighted by Crippen LogP contribution is 2.27. The van der Waals surface area contributed by atoms with E-state index in [9.17, 15) is 0 Å². The van der Waals surface area contributed by atoms with Crippen molar-refractivity contribution >= 4 is 0 Å². The lowest BCUT2D eigenvalue weighted by Gasteiger charge is -2.13. The molecular formula is C21H17N7O. The molecule has 4 heterocycles. The van der Waals surface area contributed by atoms with E-state index in [1.165, 1.54) is 0 Å². The van der Waals surface area contributed by atoms with Gasteiger partial charge in [0.15, 0.2) is 0 Å². The highest BCUT2D eigenvalue weighted by molar-refractivity contribution is 5.60. The van der Waals surface area contributed by atoms with Crippen LogP contribution in [0.1, 0.15) is 18.9 Å². The van der Waals surface area contributed by atoms with Crippen molar-refractivity contribution in [3.8, 4) is 28.5 Å². The second-order valence-electron chi connectivity index (χ2n) is 6.53. The third-order valence-electron chi connectivity index (χ3n) is 4.70. The molecule has 29 heavy (non-hydrogen) atoms. The van der Waals surface area contributed by atoms with Crippen LogP contribution >= 0.6 is 0 Å². The normalized spacial score (nSPS) is 12.2. The van der Waals surface area contributed by atoms with Crippen LogP contribution in [-0.4, -0.2) is 34.5 Å². The lowest BCUT2D eigenvalue weighted by molar-refractivity contribution is 0.346. The molecular weight excluding hydrogens is 366 g/mol. The van der Waals surface area contributed by atoms with Gasteiger partial charge < -0.3 is 9.09 Å². The number of aromatic nitrogens is 7. The van der Waals surface area contributed by atoms with Crippen molar-refractivity contribution in [2.75, 3.05) is 0 Å². The molecule has 0 N–H and O–H groups in total. The first-order valence-electron chi connectivity index (χ1n) is 9.17. The minimum atomic E-state index is -0.177. The molecule has 5 aromatic rings. The van der Waals surface area contributed by atoms with Gasteiger partial charge in [0, 0.05) is 48.3 Å². The molecule has 0 saturated heterocycles. The van der Waals surface area contributed by atoms with Gasteiger partial charge in [-0.3, -0.25) is 4.98 Å². The smallest absolute Gasteiger partial charge is 0.249 e. The SMILES string of the molecule is C[C@H](c1nc(-c2ccncc2)no1)n1ccnc1-c1cccc(-n2cccn2)c1. The van der Waals surface area contributed by atoms with Crippen LogP contribution in [0.2, 0.25) is 0 Å². The van der Waals surface area contributed by atoms with Crippen molar-refractivity contribution in [3.05, 3.63) is 85.5 Å². The summed E-state index contributed by atoms with van der Waals surface area (Å²) in [6, 6.07) is 13.5. The van der Waals surface area contributed by atoms with Crippen molar-refractivity contribution in [1.29, 1.82) is 0 Å². The Kier molecular flexibility index (Phi) is 4.21. The first-order chi connectivity index (χ1) is 14.3. The molecule has 0 saturated carbocycles. The number of rotatable bonds is 5. The van der Waals surface area contributed by atoms with Crippen LogP contribution < -0.4 is 0 Å². The fraction of sp³-hybridized carbons (Fsp3) is 0.0952. The zero-order valence-electron chi connectivity index (χ0n) is 15.6. The van der Waals surface area contributed by atoms with Gasteiger partial charge in [0.25, 0.3) is 0 Å². The molecule has 142 valence electrons. The minimum absolute atomic E-state index is 0.177. The van der Waals surface area contributed by atoms with E-state index in [2.05, 4.69) is 31.3 Å². The van der Waals surface area contributed by atoms with E-state index in [0.29, 0.717) is 11.7 Å². The summed E-state index contributed by atoms with van der Waals surface area (Å²) in [5, 5.41) is 8.41. The molecule has 8 nitrogen and oxygen atoms in total. The lowest BCUT2D eigenvalue weighted by Crippen LogP contribution is -2.08. The van der Waals surface area contributed by atoms with Gasteiger partial charge in [-0.05, 0) is 37.3 Å². The zero-order valence-corrected chi connectivity index (χ0v) is 15.6. The van der Waals surface area contributed by atoms with Crippen molar-refractivity contribution < 1.29 is 4.52 Å². The van der Waals surface area contributed by atoms with Crippen molar-refractivity contribution in [2.24, 2.45) is 0 Å². The Morgan fingerprint density at radius 1 is 0.931 bits per heavy atom. The van der Waals surface area contributed by atoms with Gasteiger partial charge in [0.1, 0.15) is 11.9 Å². The van der Waals surface area contributed by atoms with Crippen LogP contribution in [0.4, 0.5) is 0 Å². The minimum Gasteiger partial charge on any atom is -0.337 e. The van der Waals surface area contributed by atoms with Gasteiger partial charge in [-0.2, -0.15) is 10.1 Å². The summed E-state index contributed by atoms with van der Waals surface area (Å²) in [5.74, 6) is 1.87. The maximum atomic E-state index is 5.53. The molecule has 0 fully saturated rings. The molecule has 0 aliphatic rings. The molecule has 1 atom stereocenters. The molecule has 1 aromatic carbocycles. The van der Waals surface area contributed by atoms with Crippen molar-refractivity contribution in [3.63, 3.8) is 0 Å². The summed E-state index contributed by atoms with van der Waals surface area (Å²) in [6.45, 7) is 2.01.